The molecule has 7 heteroatoms. The van der Waals surface area contributed by atoms with Crippen LogP contribution in [0.25, 0.3) is 11.2 Å². The van der Waals surface area contributed by atoms with Crippen LogP contribution in [0, 0.1) is 0 Å². The summed E-state index contributed by atoms with van der Waals surface area (Å²) in [4.78, 5) is 32.1. The van der Waals surface area contributed by atoms with Crippen LogP contribution in [-0.2, 0) is 13.1 Å². The molecule has 0 aliphatic rings. The zero-order chi connectivity index (χ0) is 15.7. The van der Waals surface area contributed by atoms with E-state index in [0.29, 0.717) is 22.7 Å². The number of aromatic nitrogens is 4. The van der Waals surface area contributed by atoms with Crippen LogP contribution in [0.3, 0.4) is 0 Å². The van der Waals surface area contributed by atoms with Crippen molar-refractivity contribution in [2.75, 3.05) is 0 Å². The summed E-state index contributed by atoms with van der Waals surface area (Å²) in [7, 11) is 0. The molecule has 0 unspecified atom stereocenters. The summed E-state index contributed by atoms with van der Waals surface area (Å²) in [6, 6.07) is 7.17. The molecule has 0 saturated heterocycles. The van der Waals surface area contributed by atoms with Crippen LogP contribution in [0.5, 0.6) is 0 Å². The third-order valence-electron chi connectivity index (χ3n) is 3.53. The fourth-order valence-corrected chi connectivity index (χ4v) is 2.66. The molecular formula is C15H15ClN4O2. The molecule has 1 N–H and O–H groups in total. The Labute approximate surface area is 131 Å². The maximum absolute atomic E-state index is 12.6. The van der Waals surface area contributed by atoms with Crippen LogP contribution in [0.15, 0.2) is 40.2 Å². The monoisotopic (exact) mass is 318 g/mol. The molecule has 6 nitrogen and oxygen atoms in total. The minimum absolute atomic E-state index is 0.135. The van der Waals surface area contributed by atoms with E-state index in [9.17, 15) is 9.59 Å². The van der Waals surface area contributed by atoms with Crippen LogP contribution < -0.4 is 11.2 Å². The van der Waals surface area contributed by atoms with Gasteiger partial charge in [0.05, 0.1) is 12.9 Å². The van der Waals surface area contributed by atoms with Gasteiger partial charge in [0.15, 0.2) is 5.65 Å². The van der Waals surface area contributed by atoms with Gasteiger partial charge >= 0.3 is 5.69 Å². The van der Waals surface area contributed by atoms with E-state index in [2.05, 4.69) is 9.97 Å². The lowest BCUT2D eigenvalue weighted by Crippen LogP contribution is -2.40. The first-order valence-electron chi connectivity index (χ1n) is 7.03. The normalized spacial score (nSPS) is 11.2. The van der Waals surface area contributed by atoms with Crippen LogP contribution in [0.1, 0.15) is 18.9 Å². The Morgan fingerprint density at radius 3 is 2.73 bits per heavy atom. The number of aryl methyl sites for hydroxylation is 1. The average Bonchev–Trinajstić information content (AvgIpc) is 2.99. The van der Waals surface area contributed by atoms with Gasteiger partial charge in [0.1, 0.15) is 5.52 Å². The average molecular weight is 319 g/mol. The largest absolute Gasteiger partial charge is 0.339 e. The van der Waals surface area contributed by atoms with Crippen molar-refractivity contribution in [2.45, 2.75) is 26.4 Å². The van der Waals surface area contributed by atoms with Gasteiger partial charge < -0.3 is 4.98 Å². The predicted octanol–water partition coefficient (Wildman–Crippen LogP) is 2.00. The summed E-state index contributed by atoms with van der Waals surface area (Å²) in [5.74, 6) is 0. The lowest BCUT2D eigenvalue weighted by molar-refractivity contribution is 0.590. The minimum atomic E-state index is -0.384. The number of nitrogens with zero attached hydrogens (tertiary/aromatic N) is 3. The summed E-state index contributed by atoms with van der Waals surface area (Å²) in [6.07, 6.45) is 2.20. The number of halogens is 1. The van der Waals surface area contributed by atoms with Crippen molar-refractivity contribution >= 4 is 22.8 Å². The first-order valence-corrected chi connectivity index (χ1v) is 7.41. The van der Waals surface area contributed by atoms with Crippen LogP contribution in [0.2, 0.25) is 5.02 Å². The number of rotatable bonds is 4. The summed E-state index contributed by atoms with van der Waals surface area (Å²) in [5.41, 5.74) is 0.703. The molecular weight excluding hydrogens is 304 g/mol. The second-order valence-electron chi connectivity index (χ2n) is 5.02. The van der Waals surface area contributed by atoms with E-state index in [1.807, 2.05) is 19.1 Å². The minimum Gasteiger partial charge on any atom is -0.339 e. The highest BCUT2D eigenvalue weighted by Gasteiger charge is 2.15. The number of hydrogen-bond acceptors (Lipinski definition) is 3. The van der Waals surface area contributed by atoms with Crippen LogP contribution in [-0.4, -0.2) is 19.1 Å². The molecule has 0 bridgehead atoms. The van der Waals surface area contributed by atoms with E-state index in [4.69, 9.17) is 11.6 Å². The Balaban J connectivity index is 2.23. The first-order chi connectivity index (χ1) is 10.6. The van der Waals surface area contributed by atoms with Crippen molar-refractivity contribution in [1.82, 2.24) is 19.1 Å². The molecule has 0 radical (unpaired) electrons. The highest BCUT2D eigenvalue weighted by Crippen LogP contribution is 2.15. The lowest BCUT2D eigenvalue weighted by Gasteiger charge is -2.11. The molecule has 2 heterocycles. The summed E-state index contributed by atoms with van der Waals surface area (Å²) in [6.45, 7) is 2.60. The fraction of sp³-hybridized carbons (Fsp3) is 0.267. The molecule has 22 heavy (non-hydrogen) atoms. The Bertz CT molecular complexity index is 939. The second-order valence-corrected chi connectivity index (χ2v) is 5.43. The molecule has 114 valence electrons. The highest BCUT2D eigenvalue weighted by molar-refractivity contribution is 6.31. The Kier molecular flexibility index (Phi) is 3.85. The standard InChI is InChI=1S/C15H15ClN4O2/c1-2-7-19-13-12(17-9-18-13)14(21)20(15(19)22)8-10-5-3-4-6-11(10)16/h3-6,9H,2,7-8H2,1H3,(H,17,18). The molecule has 0 saturated carbocycles. The number of hydrogen-bond donors (Lipinski definition) is 1. The molecule has 0 aliphatic carbocycles. The predicted molar refractivity (Wildman–Crippen MR) is 85.5 cm³/mol. The van der Waals surface area contributed by atoms with Gasteiger partial charge in [-0.25, -0.2) is 9.78 Å². The van der Waals surface area contributed by atoms with Crippen LogP contribution in [0.4, 0.5) is 0 Å². The third kappa shape index (κ3) is 2.35. The number of aromatic amines is 1. The number of H-pyrrole nitrogens is 1. The molecule has 3 aromatic rings. The maximum atomic E-state index is 12.6. The second kappa shape index (κ2) is 5.81. The number of fused-ring (bicyclic) bond motifs is 1. The Morgan fingerprint density at radius 2 is 2.00 bits per heavy atom. The zero-order valence-corrected chi connectivity index (χ0v) is 12.8. The van der Waals surface area contributed by atoms with Crippen molar-refractivity contribution in [3.8, 4) is 0 Å². The third-order valence-corrected chi connectivity index (χ3v) is 3.90. The van der Waals surface area contributed by atoms with Crippen molar-refractivity contribution in [2.24, 2.45) is 0 Å². The van der Waals surface area contributed by atoms with Gasteiger partial charge in [-0.2, -0.15) is 0 Å². The van der Waals surface area contributed by atoms with Gasteiger partial charge in [-0.15, -0.1) is 0 Å². The van der Waals surface area contributed by atoms with Gasteiger partial charge in [0.2, 0.25) is 0 Å². The molecule has 0 atom stereocenters. The fourth-order valence-electron chi connectivity index (χ4n) is 2.47. The topological polar surface area (TPSA) is 72.7 Å². The Morgan fingerprint density at radius 1 is 1.23 bits per heavy atom. The van der Waals surface area contributed by atoms with Gasteiger partial charge in [-0.3, -0.25) is 13.9 Å². The molecule has 1 aromatic carbocycles. The van der Waals surface area contributed by atoms with Gasteiger partial charge in [0, 0.05) is 11.6 Å². The molecule has 3 rings (SSSR count). The van der Waals surface area contributed by atoms with E-state index >= 15 is 0 Å². The molecule has 0 spiro atoms. The first kappa shape index (κ1) is 14.6. The van der Waals surface area contributed by atoms with Gasteiger partial charge in [0.25, 0.3) is 5.56 Å². The molecule has 2 aromatic heterocycles. The van der Waals surface area contributed by atoms with Crippen molar-refractivity contribution in [3.63, 3.8) is 0 Å². The van der Waals surface area contributed by atoms with E-state index in [-0.39, 0.29) is 17.8 Å². The van der Waals surface area contributed by atoms with Crippen molar-refractivity contribution < 1.29 is 0 Å². The number of benzene rings is 1. The molecule has 0 amide bonds. The molecule has 0 aliphatic heterocycles. The summed E-state index contributed by atoms with van der Waals surface area (Å²) >= 11 is 6.13. The molecule has 0 fully saturated rings. The smallest absolute Gasteiger partial charge is 0.333 e. The van der Waals surface area contributed by atoms with Gasteiger partial charge in [-0.1, -0.05) is 36.7 Å². The zero-order valence-electron chi connectivity index (χ0n) is 12.0. The maximum Gasteiger partial charge on any atom is 0.333 e. The number of imidazole rings is 1. The summed E-state index contributed by atoms with van der Waals surface area (Å²) in [5, 5.41) is 0.528. The van der Waals surface area contributed by atoms with E-state index in [1.165, 1.54) is 15.5 Å². The highest BCUT2D eigenvalue weighted by atomic mass is 35.5. The van der Waals surface area contributed by atoms with Crippen LogP contribution >= 0.6 is 11.6 Å². The van der Waals surface area contributed by atoms with E-state index in [1.54, 1.807) is 12.1 Å². The number of nitrogens with one attached hydrogen (secondary N) is 1. The van der Waals surface area contributed by atoms with Gasteiger partial charge in [-0.05, 0) is 18.1 Å². The SMILES string of the molecule is CCCn1c(=O)n(Cc2ccccc2Cl)c(=O)c2[nH]cnc21. The van der Waals surface area contributed by atoms with E-state index in [0.717, 1.165) is 12.0 Å². The van der Waals surface area contributed by atoms with E-state index < -0.39 is 0 Å². The summed E-state index contributed by atoms with van der Waals surface area (Å²) < 4.78 is 2.71. The van der Waals surface area contributed by atoms with Crippen molar-refractivity contribution in [1.29, 1.82) is 0 Å². The van der Waals surface area contributed by atoms with Crippen molar-refractivity contribution in [3.05, 3.63) is 62.0 Å². The quantitative estimate of drug-likeness (QED) is 0.799. The lowest BCUT2D eigenvalue weighted by atomic mass is 10.2. The Hall–Kier alpha value is -2.34.